The van der Waals surface area contributed by atoms with Crippen LogP contribution < -0.4 is 20.2 Å². The summed E-state index contributed by atoms with van der Waals surface area (Å²) in [6.45, 7) is 8.16. The van der Waals surface area contributed by atoms with Crippen molar-refractivity contribution in [3.8, 4) is 0 Å². The number of carbonyl (C=O) groups excluding carboxylic acids is 1. The van der Waals surface area contributed by atoms with E-state index in [0.717, 1.165) is 16.7 Å². The molecule has 0 bridgehead atoms. The maximum Gasteiger partial charge on any atom is 0.271 e. The molecule has 1 atom stereocenters. The zero-order chi connectivity index (χ0) is 26.1. The predicted octanol–water partition coefficient (Wildman–Crippen LogP) is 5.31. The van der Waals surface area contributed by atoms with Crippen LogP contribution in [0, 0.1) is 6.92 Å². The van der Waals surface area contributed by atoms with Crippen molar-refractivity contribution in [3.63, 3.8) is 0 Å². The summed E-state index contributed by atoms with van der Waals surface area (Å²) in [5, 5.41) is 3.00. The van der Waals surface area contributed by atoms with Crippen molar-refractivity contribution in [3.05, 3.63) is 132 Å². The monoisotopic (exact) mass is 507 g/mol. The largest absolute Gasteiger partial charge is 0.322 e. The zero-order valence-electron chi connectivity index (χ0n) is 21.4. The molecule has 0 radical (unpaired) electrons. The molecule has 6 heteroatoms. The number of nitrogens with one attached hydrogen (secondary N) is 1. The number of thiazole rings is 1. The first kappa shape index (κ1) is 24.7. The third-order valence-corrected chi connectivity index (χ3v) is 7.57. The number of nitrogens with zero attached hydrogens (tertiary/aromatic N) is 2. The van der Waals surface area contributed by atoms with Gasteiger partial charge in [0.2, 0.25) is 0 Å². The summed E-state index contributed by atoms with van der Waals surface area (Å²) in [7, 11) is 0. The molecule has 0 saturated carbocycles. The van der Waals surface area contributed by atoms with Gasteiger partial charge in [-0.15, -0.1) is 0 Å². The Morgan fingerprint density at radius 1 is 0.973 bits per heavy atom. The van der Waals surface area contributed by atoms with Crippen LogP contribution in [0.3, 0.4) is 0 Å². The molecule has 37 heavy (non-hydrogen) atoms. The van der Waals surface area contributed by atoms with Crippen molar-refractivity contribution in [2.45, 2.75) is 39.7 Å². The number of benzene rings is 3. The summed E-state index contributed by atoms with van der Waals surface area (Å²) in [6, 6.07) is 25.0. The first-order valence-corrected chi connectivity index (χ1v) is 13.2. The zero-order valence-corrected chi connectivity index (χ0v) is 22.2. The standard InChI is InChI=1S/C31H29N3O2S/c1-19(2)23-14-16-24(17-15-23)28-27(29(35)33-25-8-6-5-7-9-25)21(4)32-31-34(28)30(36)26(37-31)18-22-12-10-20(3)11-13-22/h5-19,28H,1-4H3,(H,33,35)/b26-18-. The van der Waals surface area contributed by atoms with Crippen molar-refractivity contribution >= 4 is 29.0 Å². The molecule has 1 aliphatic rings. The highest BCUT2D eigenvalue weighted by atomic mass is 32.1. The average molecular weight is 508 g/mol. The van der Waals surface area contributed by atoms with Crippen LogP contribution in [0.2, 0.25) is 0 Å². The number of rotatable bonds is 5. The van der Waals surface area contributed by atoms with Gasteiger partial charge in [-0.2, -0.15) is 0 Å². The molecule has 0 saturated heterocycles. The molecule has 4 aromatic rings. The number of hydrogen-bond donors (Lipinski definition) is 1. The Labute approximate surface area is 220 Å². The van der Waals surface area contributed by atoms with E-state index in [9.17, 15) is 9.59 Å². The predicted molar refractivity (Wildman–Crippen MR) is 151 cm³/mol. The van der Waals surface area contributed by atoms with Crippen molar-refractivity contribution in [2.24, 2.45) is 4.99 Å². The maximum atomic E-state index is 13.8. The average Bonchev–Trinajstić information content (AvgIpc) is 3.19. The van der Waals surface area contributed by atoms with Gasteiger partial charge in [0.25, 0.3) is 11.5 Å². The van der Waals surface area contributed by atoms with Crippen molar-refractivity contribution in [1.29, 1.82) is 0 Å². The lowest BCUT2D eigenvalue weighted by Gasteiger charge is -2.25. The van der Waals surface area contributed by atoms with Crippen molar-refractivity contribution in [1.82, 2.24) is 4.57 Å². The van der Waals surface area contributed by atoms with Crippen LogP contribution in [-0.4, -0.2) is 10.5 Å². The fourth-order valence-corrected chi connectivity index (χ4v) is 5.57. The number of carbonyl (C=O) groups is 1. The van der Waals surface area contributed by atoms with Crippen LogP contribution in [0.1, 0.15) is 55.0 Å². The maximum absolute atomic E-state index is 13.8. The minimum atomic E-state index is -0.582. The Hall–Kier alpha value is -4.03. The second-order valence-corrected chi connectivity index (χ2v) is 10.6. The summed E-state index contributed by atoms with van der Waals surface area (Å²) in [5.74, 6) is 0.113. The fraction of sp³-hybridized carbons (Fsp3) is 0.194. The molecule has 2 heterocycles. The van der Waals surface area contributed by atoms with Gasteiger partial charge in [-0.05, 0) is 54.7 Å². The first-order valence-electron chi connectivity index (χ1n) is 12.4. The van der Waals surface area contributed by atoms with Gasteiger partial charge in [-0.3, -0.25) is 14.2 Å². The van der Waals surface area contributed by atoms with Crippen molar-refractivity contribution < 1.29 is 4.79 Å². The van der Waals surface area contributed by atoms with Gasteiger partial charge in [-0.1, -0.05) is 97.5 Å². The third kappa shape index (κ3) is 4.98. The van der Waals surface area contributed by atoms with E-state index in [1.54, 1.807) is 4.57 Å². The molecular formula is C31H29N3O2S. The van der Waals surface area contributed by atoms with Gasteiger partial charge in [0.15, 0.2) is 4.80 Å². The molecule has 5 nitrogen and oxygen atoms in total. The highest BCUT2D eigenvalue weighted by Gasteiger charge is 2.32. The second kappa shape index (κ2) is 10.1. The fourth-order valence-electron chi connectivity index (χ4n) is 4.52. The lowest BCUT2D eigenvalue weighted by molar-refractivity contribution is -0.113. The second-order valence-electron chi connectivity index (χ2n) is 9.63. The van der Waals surface area contributed by atoms with E-state index in [2.05, 4.69) is 31.3 Å². The summed E-state index contributed by atoms with van der Waals surface area (Å²) in [6.07, 6.45) is 1.89. The molecule has 1 N–H and O–H groups in total. The van der Waals surface area contributed by atoms with Crippen LogP contribution in [0.5, 0.6) is 0 Å². The lowest BCUT2D eigenvalue weighted by Crippen LogP contribution is -2.40. The van der Waals surface area contributed by atoms with Crippen LogP contribution in [0.15, 0.2) is 99.9 Å². The Balaban J connectivity index is 1.67. The van der Waals surface area contributed by atoms with Crippen LogP contribution >= 0.6 is 11.3 Å². The van der Waals surface area contributed by atoms with Gasteiger partial charge < -0.3 is 5.32 Å². The number of aryl methyl sites for hydroxylation is 1. The van der Waals surface area contributed by atoms with E-state index in [0.29, 0.717) is 32.2 Å². The summed E-state index contributed by atoms with van der Waals surface area (Å²) in [5.41, 5.74) is 5.80. The van der Waals surface area contributed by atoms with Crippen molar-refractivity contribution in [2.75, 3.05) is 5.32 Å². The van der Waals surface area contributed by atoms with Gasteiger partial charge in [-0.25, -0.2) is 4.99 Å². The van der Waals surface area contributed by atoms with E-state index < -0.39 is 6.04 Å². The first-order chi connectivity index (χ1) is 17.8. The SMILES string of the molecule is CC1=C(C(=O)Nc2ccccc2)C(c2ccc(C(C)C)cc2)n2c(s/c(=C\c3ccc(C)cc3)c2=O)=N1. The van der Waals surface area contributed by atoms with Gasteiger partial charge in [0.05, 0.1) is 21.8 Å². The smallest absolute Gasteiger partial charge is 0.271 e. The molecule has 1 aliphatic heterocycles. The molecule has 0 aliphatic carbocycles. The number of para-hydroxylation sites is 1. The number of fused-ring (bicyclic) bond motifs is 1. The van der Waals surface area contributed by atoms with Crippen LogP contribution in [0.4, 0.5) is 5.69 Å². The topological polar surface area (TPSA) is 63.5 Å². The normalized spacial score (nSPS) is 15.5. The minimum Gasteiger partial charge on any atom is -0.322 e. The number of aromatic nitrogens is 1. The quantitative estimate of drug-likeness (QED) is 0.398. The minimum absolute atomic E-state index is 0.153. The molecule has 1 unspecified atom stereocenters. The van der Waals surface area contributed by atoms with E-state index in [4.69, 9.17) is 4.99 Å². The molecule has 1 amide bonds. The molecule has 1 aromatic heterocycles. The summed E-state index contributed by atoms with van der Waals surface area (Å²) >= 11 is 1.35. The van der Waals surface area contributed by atoms with E-state index in [-0.39, 0.29) is 11.5 Å². The van der Waals surface area contributed by atoms with E-state index >= 15 is 0 Å². The molecule has 3 aromatic carbocycles. The summed E-state index contributed by atoms with van der Waals surface area (Å²) < 4.78 is 2.26. The molecule has 5 rings (SSSR count). The summed E-state index contributed by atoms with van der Waals surface area (Å²) in [4.78, 5) is 32.8. The number of amides is 1. The molecule has 0 spiro atoms. The Morgan fingerprint density at radius 2 is 1.65 bits per heavy atom. The van der Waals surface area contributed by atoms with E-state index in [1.165, 1.54) is 16.9 Å². The highest BCUT2D eigenvalue weighted by Crippen LogP contribution is 2.31. The van der Waals surface area contributed by atoms with Crippen LogP contribution in [-0.2, 0) is 4.79 Å². The van der Waals surface area contributed by atoms with Gasteiger partial charge in [0, 0.05) is 5.69 Å². The Kier molecular flexibility index (Phi) is 6.76. The Bertz CT molecular complexity index is 1660. The number of allylic oxidation sites excluding steroid dienone is 1. The van der Waals surface area contributed by atoms with Gasteiger partial charge in [0.1, 0.15) is 0 Å². The number of anilines is 1. The highest BCUT2D eigenvalue weighted by molar-refractivity contribution is 7.07. The van der Waals surface area contributed by atoms with Crippen LogP contribution in [0.25, 0.3) is 6.08 Å². The number of hydrogen-bond acceptors (Lipinski definition) is 4. The molecular weight excluding hydrogens is 478 g/mol. The van der Waals surface area contributed by atoms with E-state index in [1.807, 2.05) is 86.7 Å². The lowest BCUT2D eigenvalue weighted by atomic mass is 9.93. The molecule has 186 valence electrons. The van der Waals surface area contributed by atoms with Gasteiger partial charge >= 0.3 is 0 Å². The molecule has 0 fully saturated rings. The third-order valence-electron chi connectivity index (χ3n) is 6.59. The Morgan fingerprint density at radius 3 is 2.30 bits per heavy atom.